The Bertz CT molecular complexity index is 654. The van der Waals surface area contributed by atoms with Gasteiger partial charge in [0.05, 0.1) is 23.5 Å². The van der Waals surface area contributed by atoms with Crippen LogP contribution in [0.4, 0.5) is 0 Å². The zero-order valence-corrected chi connectivity index (χ0v) is 14.8. The van der Waals surface area contributed by atoms with E-state index in [1.807, 2.05) is 4.90 Å². The lowest BCUT2D eigenvalue weighted by Gasteiger charge is -2.51. The number of nitrogens with one attached hydrogen (secondary N) is 1. The SMILES string of the molecule is NC(=O)c1cn[nH]c1C1CCCCN1C(=O)C1CC2(CCCCC2)C1. The number of nitrogens with two attached hydrogens (primary N) is 1. The molecule has 2 heterocycles. The number of nitrogens with zero attached hydrogens (tertiary/aromatic N) is 2. The minimum Gasteiger partial charge on any atom is -0.365 e. The van der Waals surface area contributed by atoms with E-state index in [2.05, 4.69) is 10.2 Å². The molecule has 2 saturated carbocycles. The average Bonchev–Trinajstić information content (AvgIpc) is 3.09. The van der Waals surface area contributed by atoms with Gasteiger partial charge in [-0.2, -0.15) is 5.10 Å². The summed E-state index contributed by atoms with van der Waals surface area (Å²) in [5, 5.41) is 6.92. The van der Waals surface area contributed by atoms with Crippen molar-refractivity contribution in [1.82, 2.24) is 15.1 Å². The van der Waals surface area contributed by atoms with Crippen LogP contribution in [0.3, 0.4) is 0 Å². The maximum atomic E-state index is 13.2. The van der Waals surface area contributed by atoms with E-state index in [0.29, 0.717) is 16.7 Å². The van der Waals surface area contributed by atoms with Crippen LogP contribution in [0.15, 0.2) is 6.20 Å². The number of carbonyl (C=O) groups is 2. The highest BCUT2D eigenvalue weighted by molar-refractivity contribution is 5.94. The Balaban J connectivity index is 1.49. The lowest BCUT2D eigenvalue weighted by Crippen LogP contribution is -2.50. The fraction of sp³-hybridized carbons (Fsp3) is 0.737. The summed E-state index contributed by atoms with van der Waals surface area (Å²) in [6.07, 6.45) is 13.1. The molecule has 0 radical (unpaired) electrons. The molecular formula is C19H28N4O2. The molecule has 3 aliphatic rings. The number of primary amides is 1. The van der Waals surface area contributed by atoms with Gasteiger partial charge in [-0.15, -0.1) is 0 Å². The second-order valence-electron chi connectivity index (χ2n) is 8.27. The number of amides is 2. The Labute approximate surface area is 148 Å². The van der Waals surface area contributed by atoms with Gasteiger partial charge in [0.2, 0.25) is 5.91 Å². The molecule has 2 amide bonds. The Kier molecular flexibility index (Phi) is 4.29. The molecule has 1 aromatic heterocycles. The van der Waals surface area contributed by atoms with Gasteiger partial charge < -0.3 is 10.6 Å². The second-order valence-corrected chi connectivity index (χ2v) is 8.27. The molecule has 4 rings (SSSR count). The van der Waals surface area contributed by atoms with Crippen molar-refractivity contribution < 1.29 is 9.59 Å². The lowest BCUT2D eigenvalue weighted by molar-refractivity contribution is -0.149. The van der Waals surface area contributed by atoms with Crippen molar-refractivity contribution in [2.24, 2.45) is 17.1 Å². The Morgan fingerprint density at radius 2 is 1.92 bits per heavy atom. The van der Waals surface area contributed by atoms with Crippen molar-refractivity contribution in [3.63, 3.8) is 0 Å². The first-order valence-corrected chi connectivity index (χ1v) is 9.73. The van der Waals surface area contributed by atoms with Gasteiger partial charge in [0.15, 0.2) is 0 Å². The first-order chi connectivity index (χ1) is 12.1. The number of aromatic amines is 1. The van der Waals surface area contributed by atoms with Crippen LogP contribution in [0.25, 0.3) is 0 Å². The number of H-pyrrole nitrogens is 1. The fourth-order valence-corrected chi connectivity index (χ4v) is 5.35. The molecule has 2 aliphatic carbocycles. The minimum absolute atomic E-state index is 0.0887. The van der Waals surface area contributed by atoms with E-state index in [4.69, 9.17) is 5.73 Å². The number of aromatic nitrogens is 2. The zero-order chi connectivity index (χ0) is 17.4. The number of piperidine rings is 1. The summed E-state index contributed by atoms with van der Waals surface area (Å²) >= 11 is 0. The van der Waals surface area contributed by atoms with Gasteiger partial charge in [0.1, 0.15) is 0 Å². The molecule has 1 aliphatic heterocycles. The summed E-state index contributed by atoms with van der Waals surface area (Å²) in [7, 11) is 0. The number of hydrogen-bond acceptors (Lipinski definition) is 3. The van der Waals surface area contributed by atoms with Crippen molar-refractivity contribution in [2.75, 3.05) is 6.54 Å². The largest absolute Gasteiger partial charge is 0.365 e. The monoisotopic (exact) mass is 344 g/mol. The van der Waals surface area contributed by atoms with Crippen molar-refractivity contribution in [2.45, 2.75) is 70.3 Å². The van der Waals surface area contributed by atoms with Gasteiger partial charge in [-0.3, -0.25) is 14.7 Å². The maximum Gasteiger partial charge on any atom is 0.252 e. The van der Waals surface area contributed by atoms with Gasteiger partial charge in [0, 0.05) is 12.5 Å². The Morgan fingerprint density at radius 1 is 1.16 bits per heavy atom. The highest BCUT2D eigenvalue weighted by Crippen LogP contribution is 2.55. The van der Waals surface area contributed by atoms with E-state index in [9.17, 15) is 9.59 Å². The predicted molar refractivity (Wildman–Crippen MR) is 93.7 cm³/mol. The van der Waals surface area contributed by atoms with E-state index >= 15 is 0 Å². The standard InChI is InChI=1S/C19H28N4O2/c20-17(24)14-12-21-22-16(14)15-6-2-5-9-23(15)18(25)13-10-19(11-13)7-3-1-4-8-19/h12-13,15H,1-11H2,(H2,20,24)(H,21,22). The predicted octanol–water partition coefficient (Wildman–Crippen LogP) is 2.92. The maximum absolute atomic E-state index is 13.2. The summed E-state index contributed by atoms with van der Waals surface area (Å²) in [5.74, 6) is -0.0453. The highest BCUT2D eigenvalue weighted by atomic mass is 16.2. The number of rotatable bonds is 3. The molecule has 3 N–H and O–H groups in total. The third-order valence-corrected chi connectivity index (χ3v) is 6.68. The van der Waals surface area contributed by atoms with Crippen LogP contribution in [0.5, 0.6) is 0 Å². The first-order valence-electron chi connectivity index (χ1n) is 9.73. The topological polar surface area (TPSA) is 92.1 Å². The molecule has 1 atom stereocenters. The highest BCUT2D eigenvalue weighted by Gasteiger charge is 2.49. The fourth-order valence-electron chi connectivity index (χ4n) is 5.35. The van der Waals surface area contributed by atoms with E-state index in [-0.39, 0.29) is 17.9 Å². The first kappa shape index (κ1) is 16.6. The molecular weight excluding hydrogens is 316 g/mol. The smallest absolute Gasteiger partial charge is 0.252 e. The van der Waals surface area contributed by atoms with Crippen molar-refractivity contribution in [1.29, 1.82) is 0 Å². The molecule has 0 bridgehead atoms. The van der Waals surface area contributed by atoms with Crippen molar-refractivity contribution in [3.05, 3.63) is 17.5 Å². The summed E-state index contributed by atoms with van der Waals surface area (Å²) in [5.41, 5.74) is 7.06. The van der Waals surface area contributed by atoms with Gasteiger partial charge in [-0.25, -0.2) is 0 Å². The van der Waals surface area contributed by atoms with Crippen LogP contribution >= 0.6 is 0 Å². The number of hydrogen-bond donors (Lipinski definition) is 2. The Morgan fingerprint density at radius 3 is 2.64 bits per heavy atom. The molecule has 0 aromatic carbocycles. The Hall–Kier alpha value is -1.85. The molecule has 1 aromatic rings. The van der Waals surface area contributed by atoms with E-state index in [1.54, 1.807) is 0 Å². The van der Waals surface area contributed by atoms with Crippen LogP contribution in [0.1, 0.15) is 86.3 Å². The van der Waals surface area contributed by atoms with Crippen LogP contribution in [0.2, 0.25) is 0 Å². The normalized spacial score (nSPS) is 26.4. The molecule has 1 unspecified atom stereocenters. The van der Waals surface area contributed by atoms with Crippen LogP contribution in [0, 0.1) is 11.3 Å². The molecule has 3 fully saturated rings. The summed E-state index contributed by atoms with van der Waals surface area (Å²) in [6.45, 7) is 0.768. The van der Waals surface area contributed by atoms with Crippen LogP contribution < -0.4 is 5.73 Å². The summed E-state index contributed by atoms with van der Waals surface area (Å²) in [6, 6.07) is -0.0887. The average molecular weight is 344 g/mol. The quantitative estimate of drug-likeness (QED) is 0.883. The molecule has 6 nitrogen and oxygen atoms in total. The van der Waals surface area contributed by atoms with Crippen molar-refractivity contribution >= 4 is 11.8 Å². The summed E-state index contributed by atoms with van der Waals surface area (Å²) < 4.78 is 0. The van der Waals surface area contributed by atoms with Gasteiger partial charge in [-0.05, 0) is 50.4 Å². The zero-order valence-electron chi connectivity index (χ0n) is 14.8. The molecule has 136 valence electrons. The molecule has 1 saturated heterocycles. The molecule has 25 heavy (non-hydrogen) atoms. The van der Waals surface area contributed by atoms with Gasteiger partial charge in [0.25, 0.3) is 5.91 Å². The lowest BCUT2D eigenvalue weighted by atomic mass is 9.55. The third-order valence-electron chi connectivity index (χ3n) is 6.68. The molecule has 6 heteroatoms. The van der Waals surface area contributed by atoms with E-state index < -0.39 is 5.91 Å². The summed E-state index contributed by atoms with van der Waals surface area (Å²) in [4.78, 5) is 26.8. The number of likely N-dealkylation sites (tertiary alicyclic amines) is 1. The van der Waals surface area contributed by atoms with Gasteiger partial charge >= 0.3 is 0 Å². The van der Waals surface area contributed by atoms with Crippen LogP contribution in [-0.4, -0.2) is 33.5 Å². The van der Waals surface area contributed by atoms with Crippen LogP contribution in [-0.2, 0) is 4.79 Å². The van der Waals surface area contributed by atoms with E-state index in [1.165, 1.54) is 38.3 Å². The number of carbonyl (C=O) groups excluding carboxylic acids is 2. The van der Waals surface area contributed by atoms with Crippen molar-refractivity contribution in [3.8, 4) is 0 Å². The minimum atomic E-state index is -0.480. The van der Waals surface area contributed by atoms with E-state index in [0.717, 1.165) is 38.6 Å². The third kappa shape index (κ3) is 2.96. The second kappa shape index (κ2) is 6.46. The molecule has 1 spiro atoms. The van der Waals surface area contributed by atoms with Gasteiger partial charge in [-0.1, -0.05) is 19.3 Å².